The van der Waals surface area contributed by atoms with Gasteiger partial charge in [-0.25, -0.2) is 4.79 Å². The van der Waals surface area contributed by atoms with E-state index in [-0.39, 0.29) is 5.69 Å². The van der Waals surface area contributed by atoms with Crippen molar-refractivity contribution >= 4 is 16.9 Å². The lowest BCUT2D eigenvalue weighted by atomic mass is 10.2. The molecule has 0 spiro atoms. The second kappa shape index (κ2) is 7.57. The van der Waals surface area contributed by atoms with Gasteiger partial charge in [-0.3, -0.25) is 0 Å². The molecule has 0 unspecified atom stereocenters. The Labute approximate surface area is 124 Å². The Morgan fingerprint density at radius 1 is 1.14 bits per heavy atom. The van der Waals surface area contributed by atoms with Crippen molar-refractivity contribution in [3.8, 4) is 5.75 Å². The monoisotopic (exact) mass is 288 g/mol. The van der Waals surface area contributed by atoms with Crippen molar-refractivity contribution in [2.75, 3.05) is 13.2 Å². The zero-order valence-corrected chi connectivity index (χ0v) is 12.5. The fraction of sp³-hybridized carbons (Fsp3) is 0.438. The third-order valence-electron chi connectivity index (χ3n) is 3.08. The normalized spacial score (nSPS) is 10.6. The first kappa shape index (κ1) is 15.2. The maximum atomic E-state index is 12.0. The quantitative estimate of drug-likeness (QED) is 0.577. The SMILES string of the molecule is CCCCCOc1c(C(=O)OCC)nnc2ccccc12. The van der Waals surface area contributed by atoms with E-state index in [2.05, 4.69) is 17.1 Å². The highest BCUT2D eigenvalue weighted by Gasteiger charge is 2.19. The van der Waals surface area contributed by atoms with E-state index in [1.807, 2.05) is 24.3 Å². The average molecular weight is 288 g/mol. The van der Waals surface area contributed by atoms with Gasteiger partial charge in [0.25, 0.3) is 0 Å². The lowest BCUT2D eigenvalue weighted by Gasteiger charge is -2.12. The van der Waals surface area contributed by atoms with E-state index >= 15 is 0 Å². The van der Waals surface area contributed by atoms with Gasteiger partial charge in [0, 0.05) is 5.39 Å². The molecule has 112 valence electrons. The summed E-state index contributed by atoms with van der Waals surface area (Å²) in [6, 6.07) is 7.48. The second-order valence-electron chi connectivity index (χ2n) is 4.67. The van der Waals surface area contributed by atoms with Crippen molar-refractivity contribution in [2.24, 2.45) is 0 Å². The minimum atomic E-state index is -0.499. The number of aromatic nitrogens is 2. The van der Waals surface area contributed by atoms with Crippen LogP contribution in [-0.4, -0.2) is 29.4 Å². The molecule has 0 amide bonds. The number of unbranched alkanes of at least 4 members (excludes halogenated alkanes) is 2. The highest BCUT2D eigenvalue weighted by molar-refractivity contribution is 5.97. The number of carbonyl (C=O) groups excluding carboxylic acids is 1. The molecule has 2 aromatic rings. The number of esters is 1. The smallest absolute Gasteiger partial charge is 0.362 e. The summed E-state index contributed by atoms with van der Waals surface area (Å²) in [4.78, 5) is 12.0. The molecular formula is C16H20N2O3. The molecule has 1 aromatic carbocycles. The van der Waals surface area contributed by atoms with Crippen LogP contribution in [-0.2, 0) is 4.74 Å². The molecule has 0 aliphatic rings. The maximum absolute atomic E-state index is 12.0. The third-order valence-corrected chi connectivity index (χ3v) is 3.08. The number of carbonyl (C=O) groups is 1. The van der Waals surface area contributed by atoms with Crippen LogP contribution in [0.25, 0.3) is 10.9 Å². The maximum Gasteiger partial charge on any atom is 0.362 e. The number of rotatable bonds is 7. The molecule has 0 fully saturated rings. The molecule has 0 saturated heterocycles. The van der Waals surface area contributed by atoms with E-state index < -0.39 is 5.97 Å². The highest BCUT2D eigenvalue weighted by Crippen LogP contribution is 2.27. The summed E-state index contributed by atoms with van der Waals surface area (Å²) in [5.74, 6) is -0.0311. The van der Waals surface area contributed by atoms with E-state index in [4.69, 9.17) is 9.47 Å². The Hall–Kier alpha value is -2.17. The minimum absolute atomic E-state index is 0.145. The largest absolute Gasteiger partial charge is 0.490 e. The zero-order chi connectivity index (χ0) is 15.1. The molecule has 0 atom stereocenters. The first-order valence-electron chi connectivity index (χ1n) is 7.33. The number of nitrogens with zero attached hydrogens (tertiary/aromatic N) is 2. The van der Waals surface area contributed by atoms with Crippen molar-refractivity contribution < 1.29 is 14.3 Å². The molecule has 5 heteroatoms. The van der Waals surface area contributed by atoms with Crippen LogP contribution in [0.4, 0.5) is 0 Å². The molecule has 0 aliphatic heterocycles. The number of ether oxygens (including phenoxy) is 2. The van der Waals surface area contributed by atoms with Gasteiger partial charge in [0.05, 0.1) is 18.7 Å². The van der Waals surface area contributed by atoms with Gasteiger partial charge in [0.1, 0.15) is 0 Å². The molecule has 0 bridgehead atoms. The van der Waals surface area contributed by atoms with Gasteiger partial charge in [0.15, 0.2) is 5.75 Å². The van der Waals surface area contributed by atoms with E-state index in [9.17, 15) is 4.79 Å². The zero-order valence-electron chi connectivity index (χ0n) is 12.5. The van der Waals surface area contributed by atoms with Crippen LogP contribution in [0.5, 0.6) is 5.75 Å². The van der Waals surface area contributed by atoms with Crippen LogP contribution in [0, 0.1) is 0 Å². The van der Waals surface area contributed by atoms with Crippen molar-refractivity contribution in [2.45, 2.75) is 33.1 Å². The standard InChI is InChI=1S/C16H20N2O3/c1-3-5-8-11-21-15-12-9-6-7-10-13(12)17-18-14(15)16(19)20-4-2/h6-7,9-10H,3-5,8,11H2,1-2H3. The first-order valence-corrected chi connectivity index (χ1v) is 7.33. The number of fused-ring (bicyclic) bond motifs is 1. The summed E-state index contributed by atoms with van der Waals surface area (Å²) in [6.45, 7) is 4.74. The number of hydrogen-bond donors (Lipinski definition) is 0. The van der Waals surface area contributed by atoms with Crippen molar-refractivity contribution in [3.63, 3.8) is 0 Å². The first-order chi connectivity index (χ1) is 10.3. The Balaban J connectivity index is 2.35. The minimum Gasteiger partial charge on any atom is -0.490 e. The van der Waals surface area contributed by atoms with Crippen molar-refractivity contribution in [1.29, 1.82) is 0 Å². The van der Waals surface area contributed by atoms with Gasteiger partial charge in [0.2, 0.25) is 5.69 Å². The predicted octanol–water partition coefficient (Wildman–Crippen LogP) is 3.38. The van der Waals surface area contributed by atoms with Crippen LogP contribution in [0.15, 0.2) is 24.3 Å². The topological polar surface area (TPSA) is 61.3 Å². The van der Waals surface area contributed by atoms with E-state index in [1.165, 1.54) is 0 Å². The van der Waals surface area contributed by atoms with Crippen molar-refractivity contribution in [1.82, 2.24) is 10.2 Å². The Kier molecular flexibility index (Phi) is 5.49. The fourth-order valence-electron chi connectivity index (χ4n) is 2.04. The number of hydrogen-bond acceptors (Lipinski definition) is 5. The summed E-state index contributed by atoms with van der Waals surface area (Å²) in [6.07, 6.45) is 3.14. The number of benzene rings is 1. The van der Waals surface area contributed by atoms with Crippen LogP contribution in [0.1, 0.15) is 43.6 Å². The molecule has 2 rings (SSSR count). The van der Waals surface area contributed by atoms with Crippen LogP contribution in [0.3, 0.4) is 0 Å². The molecule has 21 heavy (non-hydrogen) atoms. The Morgan fingerprint density at radius 2 is 1.95 bits per heavy atom. The van der Waals surface area contributed by atoms with Crippen molar-refractivity contribution in [3.05, 3.63) is 30.0 Å². The van der Waals surface area contributed by atoms with Crippen LogP contribution in [0.2, 0.25) is 0 Å². The molecule has 5 nitrogen and oxygen atoms in total. The van der Waals surface area contributed by atoms with Gasteiger partial charge in [-0.2, -0.15) is 0 Å². The second-order valence-corrected chi connectivity index (χ2v) is 4.67. The molecule has 0 aliphatic carbocycles. The van der Waals surface area contributed by atoms with Crippen LogP contribution >= 0.6 is 0 Å². The van der Waals surface area contributed by atoms with Gasteiger partial charge < -0.3 is 9.47 Å². The summed E-state index contributed by atoms with van der Waals surface area (Å²) in [5, 5.41) is 8.82. The summed E-state index contributed by atoms with van der Waals surface area (Å²) in [7, 11) is 0. The molecule has 0 saturated carbocycles. The van der Waals surface area contributed by atoms with Gasteiger partial charge in [-0.1, -0.05) is 31.9 Å². The average Bonchev–Trinajstić information content (AvgIpc) is 2.51. The molecule has 1 aromatic heterocycles. The lowest BCUT2D eigenvalue weighted by molar-refractivity contribution is 0.0513. The lowest BCUT2D eigenvalue weighted by Crippen LogP contribution is -2.12. The van der Waals surface area contributed by atoms with Gasteiger partial charge >= 0.3 is 5.97 Å². The van der Waals surface area contributed by atoms with E-state index in [1.54, 1.807) is 6.92 Å². The van der Waals surface area contributed by atoms with Gasteiger partial charge in [-0.15, -0.1) is 10.2 Å². The van der Waals surface area contributed by atoms with Gasteiger partial charge in [-0.05, 0) is 25.5 Å². The Morgan fingerprint density at radius 3 is 2.71 bits per heavy atom. The van der Waals surface area contributed by atoms with Crippen LogP contribution < -0.4 is 4.74 Å². The summed E-state index contributed by atoms with van der Waals surface area (Å²) >= 11 is 0. The molecule has 0 radical (unpaired) electrons. The van der Waals surface area contributed by atoms with E-state index in [0.717, 1.165) is 24.6 Å². The fourth-order valence-corrected chi connectivity index (χ4v) is 2.04. The molecule has 1 heterocycles. The Bertz CT molecular complexity index is 613. The highest BCUT2D eigenvalue weighted by atomic mass is 16.5. The summed E-state index contributed by atoms with van der Waals surface area (Å²) in [5.41, 5.74) is 0.850. The van der Waals surface area contributed by atoms with E-state index in [0.29, 0.717) is 24.5 Å². The molecular weight excluding hydrogens is 268 g/mol. The summed E-state index contributed by atoms with van der Waals surface area (Å²) < 4.78 is 10.8. The predicted molar refractivity (Wildman–Crippen MR) is 80.5 cm³/mol. The third kappa shape index (κ3) is 3.68. The molecule has 0 N–H and O–H groups in total.